The van der Waals surface area contributed by atoms with Crippen molar-refractivity contribution in [2.75, 3.05) is 19.8 Å². The number of halogens is 1. The number of carbonyl (C=O) groups excluding carboxylic acids is 1. The molecule has 1 fully saturated rings. The van der Waals surface area contributed by atoms with Gasteiger partial charge in [0.2, 0.25) is 5.91 Å². The Kier molecular flexibility index (Phi) is 5.28. The van der Waals surface area contributed by atoms with Gasteiger partial charge >= 0.3 is 0 Å². The van der Waals surface area contributed by atoms with Gasteiger partial charge in [-0.3, -0.25) is 4.79 Å². The van der Waals surface area contributed by atoms with E-state index in [-0.39, 0.29) is 11.8 Å². The lowest BCUT2D eigenvalue weighted by molar-refractivity contribution is -0.162. The van der Waals surface area contributed by atoms with Gasteiger partial charge in [0.25, 0.3) is 0 Å². The Morgan fingerprint density at radius 1 is 1.33 bits per heavy atom. The monoisotopic (exact) mass is 309 g/mol. The van der Waals surface area contributed by atoms with Crippen LogP contribution in [-0.2, 0) is 15.1 Å². The average Bonchev–Trinajstić information content (AvgIpc) is 2.50. The van der Waals surface area contributed by atoms with Crippen LogP contribution in [0.2, 0.25) is 0 Å². The molecule has 2 atom stereocenters. The molecule has 0 aliphatic carbocycles. The van der Waals surface area contributed by atoms with Gasteiger partial charge in [-0.25, -0.2) is 0 Å². The molecule has 1 amide bonds. The van der Waals surface area contributed by atoms with E-state index in [4.69, 9.17) is 16.3 Å². The van der Waals surface area contributed by atoms with Crippen LogP contribution in [0.5, 0.6) is 0 Å². The zero-order valence-corrected chi connectivity index (χ0v) is 13.8. The van der Waals surface area contributed by atoms with Crippen molar-refractivity contribution >= 4 is 17.5 Å². The largest absolute Gasteiger partial charge is 0.382 e. The van der Waals surface area contributed by atoms with Crippen molar-refractivity contribution in [1.82, 2.24) is 4.90 Å². The van der Waals surface area contributed by atoms with Gasteiger partial charge in [0, 0.05) is 19.8 Å². The minimum absolute atomic E-state index is 0.0331. The second kappa shape index (κ2) is 6.80. The number of amides is 1. The van der Waals surface area contributed by atoms with E-state index in [9.17, 15) is 4.79 Å². The summed E-state index contributed by atoms with van der Waals surface area (Å²) in [4.78, 5) is 14.2. The fourth-order valence-corrected chi connectivity index (χ4v) is 3.90. The number of alkyl halides is 1. The van der Waals surface area contributed by atoms with E-state index in [0.717, 1.165) is 12.0 Å². The van der Waals surface area contributed by atoms with Crippen molar-refractivity contribution in [2.45, 2.75) is 38.1 Å². The van der Waals surface area contributed by atoms with Crippen molar-refractivity contribution in [2.24, 2.45) is 5.92 Å². The SMILES string of the molecule is CCOCCCN1C(=O)C(Cl)C1(c1ccccc1)C(C)C. The molecule has 116 valence electrons. The van der Waals surface area contributed by atoms with E-state index < -0.39 is 10.9 Å². The molecule has 1 aromatic rings. The maximum atomic E-state index is 12.3. The van der Waals surface area contributed by atoms with Crippen LogP contribution in [0.3, 0.4) is 0 Å². The molecule has 1 aliphatic rings. The smallest absolute Gasteiger partial charge is 0.244 e. The van der Waals surface area contributed by atoms with Crippen LogP contribution in [0, 0.1) is 5.92 Å². The van der Waals surface area contributed by atoms with Gasteiger partial charge in [0.15, 0.2) is 0 Å². The average molecular weight is 310 g/mol. The summed E-state index contributed by atoms with van der Waals surface area (Å²) in [5.74, 6) is 0.290. The van der Waals surface area contributed by atoms with Gasteiger partial charge in [-0.05, 0) is 24.8 Å². The van der Waals surface area contributed by atoms with Gasteiger partial charge in [-0.15, -0.1) is 11.6 Å². The fraction of sp³-hybridized carbons (Fsp3) is 0.588. The van der Waals surface area contributed by atoms with E-state index >= 15 is 0 Å². The summed E-state index contributed by atoms with van der Waals surface area (Å²) < 4.78 is 5.38. The van der Waals surface area contributed by atoms with Crippen LogP contribution in [0.25, 0.3) is 0 Å². The lowest BCUT2D eigenvalue weighted by atomic mass is 9.69. The number of ether oxygens (including phenoxy) is 1. The lowest BCUT2D eigenvalue weighted by Crippen LogP contribution is -2.72. The Balaban J connectivity index is 2.23. The van der Waals surface area contributed by atoms with Crippen molar-refractivity contribution in [3.8, 4) is 0 Å². The third-order valence-corrected chi connectivity index (χ3v) is 4.83. The minimum Gasteiger partial charge on any atom is -0.382 e. The molecule has 2 unspecified atom stereocenters. The van der Waals surface area contributed by atoms with Gasteiger partial charge in [0.05, 0.1) is 5.54 Å². The van der Waals surface area contributed by atoms with Gasteiger partial charge < -0.3 is 9.64 Å². The number of carbonyl (C=O) groups is 1. The summed E-state index contributed by atoms with van der Waals surface area (Å²) in [5, 5.41) is -0.480. The molecular weight excluding hydrogens is 286 g/mol. The molecule has 0 N–H and O–H groups in total. The first-order valence-electron chi connectivity index (χ1n) is 7.65. The molecule has 0 saturated carbocycles. The van der Waals surface area contributed by atoms with Crippen LogP contribution in [0.1, 0.15) is 32.8 Å². The second-order valence-corrected chi connectivity index (χ2v) is 6.19. The molecule has 1 aliphatic heterocycles. The second-order valence-electron chi connectivity index (χ2n) is 5.75. The minimum atomic E-state index is -0.480. The number of hydrogen-bond acceptors (Lipinski definition) is 2. The Hall–Kier alpha value is -1.06. The Bertz CT molecular complexity index is 477. The quantitative estimate of drug-likeness (QED) is 0.439. The molecule has 0 bridgehead atoms. The number of nitrogens with zero attached hydrogens (tertiary/aromatic N) is 1. The Morgan fingerprint density at radius 3 is 2.57 bits per heavy atom. The molecule has 2 rings (SSSR count). The zero-order valence-electron chi connectivity index (χ0n) is 13.0. The van der Waals surface area contributed by atoms with Gasteiger partial charge in [-0.1, -0.05) is 44.2 Å². The topological polar surface area (TPSA) is 29.5 Å². The van der Waals surface area contributed by atoms with Crippen molar-refractivity contribution in [1.29, 1.82) is 0 Å². The molecule has 4 heteroatoms. The molecule has 21 heavy (non-hydrogen) atoms. The van der Waals surface area contributed by atoms with Crippen LogP contribution in [-0.4, -0.2) is 35.9 Å². The molecule has 0 aromatic heterocycles. The van der Waals surface area contributed by atoms with E-state index in [1.807, 2.05) is 30.0 Å². The van der Waals surface area contributed by atoms with Crippen molar-refractivity contribution < 1.29 is 9.53 Å². The van der Waals surface area contributed by atoms with Gasteiger partial charge in [-0.2, -0.15) is 0 Å². The predicted molar refractivity (Wildman–Crippen MR) is 85.4 cm³/mol. The van der Waals surface area contributed by atoms with E-state index in [1.165, 1.54) is 0 Å². The number of rotatable bonds is 7. The highest BCUT2D eigenvalue weighted by molar-refractivity contribution is 6.34. The lowest BCUT2D eigenvalue weighted by Gasteiger charge is -2.58. The van der Waals surface area contributed by atoms with Crippen LogP contribution < -0.4 is 0 Å². The first-order valence-corrected chi connectivity index (χ1v) is 8.09. The number of benzene rings is 1. The fourth-order valence-electron chi connectivity index (χ4n) is 3.29. The molecule has 0 radical (unpaired) electrons. The van der Waals surface area contributed by atoms with Crippen LogP contribution in [0.4, 0.5) is 0 Å². The maximum absolute atomic E-state index is 12.3. The summed E-state index contributed by atoms with van der Waals surface area (Å²) in [6.45, 7) is 8.31. The zero-order chi connectivity index (χ0) is 15.5. The van der Waals surface area contributed by atoms with Crippen LogP contribution in [0.15, 0.2) is 30.3 Å². The molecular formula is C17H24ClNO2. The first kappa shape index (κ1) is 16.3. The van der Waals surface area contributed by atoms with Crippen LogP contribution >= 0.6 is 11.6 Å². The summed E-state index contributed by atoms with van der Waals surface area (Å²) in [5.41, 5.74) is 0.725. The number of hydrogen-bond donors (Lipinski definition) is 0. The van der Waals surface area contributed by atoms with Crippen molar-refractivity contribution in [3.63, 3.8) is 0 Å². The maximum Gasteiger partial charge on any atom is 0.244 e. The number of β-lactam (4-membered cyclic amide) rings is 1. The highest BCUT2D eigenvalue weighted by Gasteiger charge is 2.61. The Morgan fingerprint density at radius 2 is 2.00 bits per heavy atom. The predicted octanol–water partition coefficient (Wildman–Crippen LogP) is 3.41. The highest BCUT2D eigenvalue weighted by atomic mass is 35.5. The summed E-state index contributed by atoms with van der Waals surface area (Å²) >= 11 is 6.46. The third kappa shape index (κ3) is 2.69. The highest BCUT2D eigenvalue weighted by Crippen LogP contribution is 2.50. The molecule has 3 nitrogen and oxygen atoms in total. The Labute approximate surface area is 132 Å². The van der Waals surface area contributed by atoms with E-state index in [1.54, 1.807) is 0 Å². The van der Waals surface area contributed by atoms with Crippen molar-refractivity contribution in [3.05, 3.63) is 35.9 Å². The molecule has 0 spiro atoms. The number of likely N-dealkylation sites (tertiary alicyclic amines) is 1. The molecule has 1 aromatic carbocycles. The van der Waals surface area contributed by atoms with E-state index in [2.05, 4.69) is 26.0 Å². The molecule has 1 saturated heterocycles. The molecule has 1 heterocycles. The van der Waals surface area contributed by atoms with E-state index in [0.29, 0.717) is 19.8 Å². The summed E-state index contributed by atoms with van der Waals surface area (Å²) in [6.07, 6.45) is 0.838. The summed E-state index contributed by atoms with van der Waals surface area (Å²) in [7, 11) is 0. The van der Waals surface area contributed by atoms with Gasteiger partial charge in [0.1, 0.15) is 5.38 Å². The first-order chi connectivity index (χ1) is 10.1. The normalized spacial score (nSPS) is 25.3. The third-order valence-electron chi connectivity index (χ3n) is 4.31. The standard InChI is InChI=1S/C17H24ClNO2/c1-4-21-12-8-11-19-16(20)15(18)17(19,13(2)3)14-9-6-5-7-10-14/h5-7,9-10,13,15H,4,8,11-12H2,1-3H3. The summed E-state index contributed by atoms with van der Waals surface area (Å²) in [6, 6.07) is 10.1.